The molecule has 0 radical (unpaired) electrons. The van der Waals surface area contributed by atoms with E-state index in [0.29, 0.717) is 0 Å². The number of rotatable bonds is 12. The molecule has 47 heavy (non-hydrogen) atoms. The van der Waals surface area contributed by atoms with Crippen LogP contribution in [0, 0.1) is 0 Å². The van der Waals surface area contributed by atoms with Gasteiger partial charge in [0.1, 0.15) is 0 Å². The third kappa shape index (κ3) is 5.59. The Morgan fingerprint density at radius 2 is 1.15 bits per heavy atom. The van der Waals surface area contributed by atoms with E-state index in [0.717, 1.165) is 6.07 Å². The predicted octanol–water partition coefficient (Wildman–Crippen LogP) is 9.04. The van der Waals surface area contributed by atoms with Gasteiger partial charge in [-0.05, 0) is 30.2 Å². The van der Waals surface area contributed by atoms with Crippen LogP contribution in [-0.4, -0.2) is 79.6 Å². The van der Waals surface area contributed by atoms with Gasteiger partial charge < -0.3 is 4.74 Å². The molecule has 23 heteroatoms. The molecule has 0 saturated carbocycles. The Kier molecular flexibility index (Phi) is 9.72. The summed E-state index contributed by atoms with van der Waals surface area (Å²) in [6.45, 7) is 1.30. The van der Waals surface area contributed by atoms with Crippen molar-refractivity contribution >= 4 is 31.2 Å². The molecule has 1 saturated heterocycles. The summed E-state index contributed by atoms with van der Waals surface area (Å²) >= 11 is 0. The maximum atomic E-state index is 15.0. The molecule has 4 nitrogen and oxygen atoms in total. The lowest BCUT2D eigenvalue weighted by molar-refractivity contribution is -0.458. The van der Waals surface area contributed by atoms with E-state index in [4.69, 9.17) is 4.74 Å². The fraction of sp³-hybridized carbons (Fsp3) is 0.583. The van der Waals surface area contributed by atoms with Crippen molar-refractivity contribution in [1.82, 2.24) is 0 Å². The minimum absolute atomic E-state index is 0.0248. The second-order valence-electron chi connectivity index (χ2n) is 10.0. The molecule has 270 valence electrons. The van der Waals surface area contributed by atoms with E-state index in [1.54, 1.807) is 0 Å². The maximum absolute atomic E-state index is 15.0. The molecule has 0 N–H and O–H groups in total. The van der Waals surface area contributed by atoms with Gasteiger partial charge >= 0.3 is 57.1 Å². The molecule has 1 aliphatic rings. The molecule has 1 heterocycles. The predicted molar refractivity (Wildman–Crippen MR) is 130 cm³/mol. The molecule has 0 spiro atoms. The zero-order valence-electron chi connectivity index (χ0n) is 22.8. The monoisotopic (exact) mass is 758 g/mol. The Bertz CT molecular complexity index is 1570. The summed E-state index contributed by atoms with van der Waals surface area (Å²) in [5.41, 5.74) is 0. The molecule has 0 amide bonds. The van der Waals surface area contributed by atoms with E-state index >= 15 is 0 Å². The van der Waals surface area contributed by atoms with Gasteiger partial charge in [-0.25, -0.2) is 3.63 Å². The quantitative estimate of drug-likeness (QED) is 0.203. The molecule has 0 bridgehead atoms. The van der Waals surface area contributed by atoms with Crippen molar-refractivity contribution in [1.29, 1.82) is 0 Å². The van der Waals surface area contributed by atoms with Crippen LogP contribution in [0.1, 0.15) is 13.3 Å². The summed E-state index contributed by atoms with van der Waals surface area (Å²) in [7, 11) is -11.7. The topological polar surface area (TPSA) is 52.6 Å². The molecule has 2 atom stereocenters. The van der Waals surface area contributed by atoms with Gasteiger partial charge in [-0.15, -0.1) is 0 Å². The van der Waals surface area contributed by atoms with Crippen molar-refractivity contribution < 1.29 is 91.4 Å². The zero-order valence-corrected chi connectivity index (χ0v) is 24.5. The maximum Gasteiger partial charge on any atom is 0.460 e. The van der Waals surface area contributed by atoms with Crippen LogP contribution in [0.15, 0.2) is 47.4 Å². The first-order valence-corrected chi connectivity index (χ1v) is 15.8. The van der Waals surface area contributed by atoms with E-state index in [1.807, 2.05) is 0 Å². The van der Waals surface area contributed by atoms with Gasteiger partial charge in [-0.2, -0.15) is 83.1 Å². The van der Waals surface area contributed by atoms with Crippen molar-refractivity contribution in [2.24, 2.45) is 0 Å². The third-order valence-electron chi connectivity index (χ3n) is 7.00. The largest absolute Gasteiger partial charge is 0.460 e. The summed E-state index contributed by atoms with van der Waals surface area (Å²) < 4.78 is 269. The number of halogens is 17. The van der Waals surface area contributed by atoms with Crippen molar-refractivity contribution in [3.63, 3.8) is 0 Å². The van der Waals surface area contributed by atoms with E-state index in [9.17, 15) is 83.1 Å². The molecular formula is C24H19F17O4S2. The van der Waals surface area contributed by atoms with Gasteiger partial charge in [0.05, 0.1) is 6.10 Å². The summed E-state index contributed by atoms with van der Waals surface area (Å²) in [4.78, 5) is -0.307. The molecule has 0 aromatic heterocycles. The number of hydrogen-bond donors (Lipinski definition) is 0. The molecule has 2 aromatic carbocycles. The van der Waals surface area contributed by atoms with Gasteiger partial charge in [-0.1, -0.05) is 46.7 Å². The SMILES string of the molecule is CCOC1CCS(OS(=O)(=O)C(F)(F)C(F)(F)C(F)(F)C(F)(F)C(F)(F)C(F)(F)C(F)(F)C(F)(F)F)(c2cccc3ccccc23)C1. The first-order chi connectivity index (χ1) is 20.9. The summed E-state index contributed by atoms with van der Waals surface area (Å²) in [5.74, 6) is -53.5. The highest BCUT2D eigenvalue weighted by atomic mass is 32.3. The second kappa shape index (κ2) is 11.7. The highest BCUT2D eigenvalue weighted by molar-refractivity contribution is 8.33. The highest BCUT2D eigenvalue weighted by Gasteiger charge is 2.96. The van der Waals surface area contributed by atoms with Crippen LogP contribution < -0.4 is 0 Å². The number of fused-ring (bicyclic) bond motifs is 1. The van der Waals surface area contributed by atoms with Crippen LogP contribution in [0.5, 0.6) is 0 Å². The van der Waals surface area contributed by atoms with Gasteiger partial charge in [0.2, 0.25) is 0 Å². The zero-order chi connectivity index (χ0) is 36.5. The highest BCUT2D eigenvalue weighted by Crippen LogP contribution is 2.68. The van der Waals surface area contributed by atoms with Gasteiger partial charge in [0.25, 0.3) is 0 Å². The van der Waals surface area contributed by atoms with E-state index < -0.39 is 85.0 Å². The van der Waals surface area contributed by atoms with Gasteiger partial charge in [-0.3, -0.25) is 0 Å². The average Bonchev–Trinajstić information content (AvgIpc) is 3.34. The summed E-state index contributed by atoms with van der Waals surface area (Å²) in [6.07, 6.45) is -9.23. The Morgan fingerprint density at radius 3 is 1.66 bits per heavy atom. The normalized spacial score (nSPS) is 22.8. The Morgan fingerprint density at radius 1 is 0.681 bits per heavy atom. The van der Waals surface area contributed by atoms with Gasteiger partial charge in [0.15, 0.2) is 0 Å². The Labute approximate surface area is 254 Å². The van der Waals surface area contributed by atoms with Gasteiger partial charge in [0, 0.05) is 23.0 Å². The number of hydrogen-bond acceptors (Lipinski definition) is 4. The van der Waals surface area contributed by atoms with Crippen LogP contribution in [0.4, 0.5) is 74.6 Å². The summed E-state index contributed by atoms with van der Waals surface area (Å²) in [6, 6.07) is 9.03. The minimum atomic E-state index is -8.92. The van der Waals surface area contributed by atoms with Crippen LogP contribution in [0.25, 0.3) is 10.8 Å². The molecule has 1 fully saturated rings. The standard InChI is InChI=1S/C24H19F17O4S2/c1-2-44-14-10-11-46(12-14,16-9-5-7-13-6-3-4-8-15(13)16)45-47(42,43)24(40,41)22(35,36)20(31,32)18(27,28)17(25,26)19(29,30)21(33,34)23(37,38)39/h3-9,14H,2,10-12H2,1H3. The van der Waals surface area contributed by atoms with E-state index in [2.05, 4.69) is 3.63 Å². The van der Waals surface area contributed by atoms with Crippen molar-refractivity contribution in [3.8, 4) is 0 Å². The van der Waals surface area contributed by atoms with Crippen LogP contribution >= 0.6 is 10.3 Å². The third-order valence-corrected chi connectivity index (χ3v) is 12.6. The second-order valence-corrected chi connectivity index (χ2v) is 14.8. The molecular weight excluding hydrogens is 739 g/mol. The first kappa shape index (κ1) is 39.2. The van der Waals surface area contributed by atoms with Crippen LogP contribution in [-0.2, 0) is 18.5 Å². The molecule has 2 unspecified atom stereocenters. The van der Waals surface area contributed by atoms with Crippen molar-refractivity contribution in [3.05, 3.63) is 42.5 Å². The Balaban J connectivity index is 2.17. The number of benzene rings is 2. The van der Waals surface area contributed by atoms with Crippen LogP contribution in [0.3, 0.4) is 0 Å². The van der Waals surface area contributed by atoms with E-state index in [-0.39, 0.29) is 28.7 Å². The smallest absolute Gasteiger partial charge is 0.378 e. The van der Waals surface area contributed by atoms with Crippen LogP contribution in [0.2, 0.25) is 0 Å². The molecule has 0 aliphatic carbocycles. The lowest BCUT2D eigenvalue weighted by atomic mass is 9.91. The minimum Gasteiger partial charge on any atom is -0.378 e. The summed E-state index contributed by atoms with van der Waals surface area (Å²) in [5, 5.41) is -7.49. The number of alkyl halides is 17. The number of ether oxygens (including phenoxy) is 1. The molecule has 3 rings (SSSR count). The Hall–Kier alpha value is -2.27. The molecule has 2 aromatic rings. The fourth-order valence-electron chi connectivity index (χ4n) is 4.49. The lowest BCUT2D eigenvalue weighted by Crippen LogP contribution is -2.75. The van der Waals surface area contributed by atoms with Crippen molar-refractivity contribution in [2.75, 3.05) is 18.1 Å². The first-order valence-electron chi connectivity index (χ1n) is 12.5. The average molecular weight is 759 g/mol. The molecule has 1 aliphatic heterocycles. The van der Waals surface area contributed by atoms with Crippen molar-refractivity contribution in [2.45, 2.75) is 71.3 Å². The lowest BCUT2D eigenvalue weighted by Gasteiger charge is -2.43. The fourth-order valence-corrected chi connectivity index (χ4v) is 10.4. The van der Waals surface area contributed by atoms with E-state index in [1.165, 1.54) is 43.3 Å².